The van der Waals surface area contributed by atoms with E-state index in [0.717, 1.165) is 11.1 Å². The molecule has 0 bridgehead atoms. The Hall–Kier alpha value is -2.11. The van der Waals surface area contributed by atoms with E-state index in [0.29, 0.717) is 27.3 Å². The second kappa shape index (κ2) is 7.20. The Labute approximate surface area is 149 Å². The van der Waals surface area contributed by atoms with Crippen molar-refractivity contribution in [2.75, 3.05) is 5.75 Å². The van der Waals surface area contributed by atoms with Crippen molar-refractivity contribution in [3.8, 4) is 11.4 Å². The Morgan fingerprint density at radius 3 is 2.54 bits per heavy atom. The zero-order valence-electron chi connectivity index (χ0n) is 13.4. The first-order chi connectivity index (χ1) is 11.6. The maximum Gasteiger partial charge on any atom is 0.191 e. The summed E-state index contributed by atoms with van der Waals surface area (Å²) in [5, 5.41) is 9.69. The van der Waals surface area contributed by atoms with Crippen LogP contribution in [0.3, 0.4) is 0 Å². The van der Waals surface area contributed by atoms with Crippen LogP contribution in [0, 0.1) is 6.92 Å². The Bertz CT molecular complexity index is 874. The lowest BCUT2D eigenvalue weighted by atomic mass is 10.1. The van der Waals surface area contributed by atoms with Gasteiger partial charge in [-0.25, -0.2) is 0 Å². The van der Waals surface area contributed by atoms with Crippen molar-refractivity contribution in [2.45, 2.75) is 12.1 Å². The molecule has 3 rings (SSSR count). The molecule has 0 N–H and O–H groups in total. The molecule has 2 aromatic carbocycles. The number of ketones is 1. The number of halogens is 1. The van der Waals surface area contributed by atoms with Crippen molar-refractivity contribution in [3.05, 3.63) is 64.7 Å². The van der Waals surface area contributed by atoms with Crippen LogP contribution < -0.4 is 0 Å². The van der Waals surface area contributed by atoms with E-state index in [1.165, 1.54) is 11.8 Å². The molecule has 6 heteroatoms. The monoisotopic (exact) mass is 357 g/mol. The van der Waals surface area contributed by atoms with Crippen LogP contribution in [0.15, 0.2) is 53.7 Å². The summed E-state index contributed by atoms with van der Waals surface area (Å²) in [5.74, 6) is 1.07. The van der Waals surface area contributed by atoms with Gasteiger partial charge in [0.2, 0.25) is 0 Å². The number of Topliss-reactive ketones (excluding diaryl/α,β-unsaturated/α-hetero) is 1. The van der Waals surface area contributed by atoms with Gasteiger partial charge in [-0.3, -0.25) is 4.79 Å². The molecule has 0 unspecified atom stereocenters. The zero-order chi connectivity index (χ0) is 17.1. The molecule has 0 spiro atoms. The second-order valence-corrected chi connectivity index (χ2v) is 6.77. The van der Waals surface area contributed by atoms with Gasteiger partial charge in [0.15, 0.2) is 16.8 Å². The lowest BCUT2D eigenvalue weighted by Crippen LogP contribution is -2.04. The molecule has 4 nitrogen and oxygen atoms in total. The molecule has 0 aliphatic carbocycles. The van der Waals surface area contributed by atoms with Crippen LogP contribution in [0.5, 0.6) is 0 Å². The number of nitrogens with zero attached hydrogens (tertiary/aromatic N) is 3. The summed E-state index contributed by atoms with van der Waals surface area (Å²) in [6.45, 7) is 2.00. The van der Waals surface area contributed by atoms with E-state index >= 15 is 0 Å². The molecule has 1 aromatic heterocycles. The number of carbonyl (C=O) groups excluding carboxylic acids is 1. The molecule has 0 amide bonds. The fourth-order valence-electron chi connectivity index (χ4n) is 2.27. The third-order valence-electron chi connectivity index (χ3n) is 3.66. The standard InChI is InChI=1S/C18H16ClN3OS/c1-12-7-9-13(10-8-12)16(23)11-24-18-21-20-17(22(18)2)14-5-3-4-6-15(14)19/h3-10H,11H2,1-2H3. The van der Waals surface area contributed by atoms with Crippen molar-refractivity contribution in [1.29, 1.82) is 0 Å². The summed E-state index contributed by atoms with van der Waals surface area (Å²) < 4.78 is 1.86. The molecule has 122 valence electrons. The van der Waals surface area contributed by atoms with Gasteiger partial charge in [0, 0.05) is 18.2 Å². The normalized spacial score (nSPS) is 10.8. The van der Waals surface area contributed by atoms with Crippen LogP contribution in [0.4, 0.5) is 0 Å². The quantitative estimate of drug-likeness (QED) is 0.501. The van der Waals surface area contributed by atoms with Gasteiger partial charge < -0.3 is 4.57 Å². The van der Waals surface area contributed by atoms with Gasteiger partial charge in [0.05, 0.1) is 10.8 Å². The SMILES string of the molecule is Cc1ccc(C(=O)CSc2nnc(-c3ccccc3Cl)n2C)cc1. The lowest BCUT2D eigenvalue weighted by molar-refractivity contribution is 0.102. The van der Waals surface area contributed by atoms with E-state index in [-0.39, 0.29) is 5.78 Å². The summed E-state index contributed by atoms with van der Waals surface area (Å²) in [5.41, 5.74) is 2.67. The molecule has 0 saturated carbocycles. The number of aromatic nitrogens is 3. The van der Waals surface area contributed by atoms with Gasteiger partial charge in [-0.1, -0.05) is 65.3 Å². The summed E-state index contributed by atoms with van der Waals surface area (Å²) in [7, 11) is 1.87. The first kappa shape index (κ1) is 16.7. The molecule has 0 atom stereocenters. The minimum absolute atomic E-state index is 0.0716. The van der Waals surface area contributed by atoms with Crippen LogP contribution in [-0.2, 0) is 7.05 Å². The van der Waals surface area contributed by atoms with E-state index in [9.17, 15) is 4.79 Å². The van der Waals surface area contributed by atoms with Crippen LogP contribution in [0.2, 0.25) is 5.02 Å². The Balaban J connectivity index is 1.74. The lowest BCUT2D eigenvalue weighted by Gasteiger charge is -2.05. The minimum atomic E-state index is 0.0716. The van der Waals surface area contributed by atoms with Gasteiger partial charge in [-0.15, -0.1) is 10.2 Å². The number of carbonyl (C=O) groups is 1. The topological polar surface area (TPSA) is 47.8 Å². The number of rotatable bonds is 5. The Morgan fingerprint density at radius 1 is 1.12 bits per heavy atom. The van der Waals surface area contributed by atoms with Crippen LogP contribution in [-0.4, -0.2) is 26.3 Å². The summed E-state index contributed by atoms with van der Waals surface area (Å²) in [4.78, 5) is 12.3. The number of hydrogen-bond donors (Lipinski definition) is 0. The van der Waals surface area contributed by atoms with Crippen molar-refractivity contribution >= 4 is 29.1 Å². The number of thioether (sulfide) groups is 1. The highest BCUT2D eigenvalue weighted by Gasteiger charge is 2.15. The van der Waals surface area contributed by atoms with Gasteiger partial charge in [0.1, 0.15) is 0 Å². The third kappa shape index (κ3) is 3.52. The first-order valence-electron chi connectivity index (χ1n) is 7.43. The minimum Gasteiger partial charge on any atom is -0.305 e. The van der Waals surface area contributed by atoms with Crippen LogP contribution >= 0.6 is 23.4 Å². The van der Waals surface area contributed by atoms with E-state index in [1.807, 2.05) is 67.1 Å². The van der Waals surface area contributed by atoms with E-state index in [2.05, 4.69) is 10.2 Å². The Morgan fingerprint density at radius 2 is 1.83 bits per heavy atom. The van der Waals surface area contributed by atoms with Crippen molar-refractivity contribution in [3.63, 3.8) is 0 Å². The van der Waals surface area contributed by atoms with Gasteiger partial charge in [-0.05, 0) is 19.1 Å². The molecule has 24 heavy (non-hydrogen) atoms. The fourth-order valence-corrected chi connectivity index (χ4v) is 3.30. The van der Waals surface area contributed by atoms with Gasteiger partial charge in [-0.2, -0.15) is 0 Å². The summed E-state index contributed by atoms with van der Waals surface area (Å²) in [6.07, 6.45) is 0. The zero-order valence-corrected chi connectivity index (χ0v) is 14.9. The van der Waals surface area contributed by atoms with E-state index < -0.39 is 0 Å². The fraction of sp³-hybridized carbons (Fsp3) is 0.167. The summed E-state index contributed by atoms with van der Waals surface area (Å²) in [6, 6.07) is 15.1. The number of aryl methyl sites for hydroxylation is 1. The third-order valence-corrected chi connectivity index (χ3v) is 5.01. The average Bonchev–Trinajstić information content (AvgIpc) is 2.94. The Kier molecular flexibility index (Phi) is 5.02. The molecule has 3 aromatic rings. The average molecular weight is 358 g/mol. The van der Waals surface area contributed by atoms with E-state index in [1.54, 1.807) is 0 Å². The van der Waals surface area contributed by atoms with E-state index in [4.69, 9.17) is 11.6 Å². The van der Waals surface area contributed by atoms with Crippen molar-refractivity contribution < 1.29 is 4.79 Å². The number of benzene rings is 2. The largest absolute Gasteiger partial charge is 0.305 e. The molecule has 0 aliphatic rings. The highest BCUT2D eigenvalue weighted by molar-refractivity contribution is 7.99. The highest BCUT2D eigenvalue weighted by Crippen LogP contribution is 2.28. The van der Waals surface area contributed by atoms with Gasteiger partial charge >= 0.3 is 0 Å². The van der Waals surface area contributed by atoms with Crippen LogP contribution in [0.1, 0.15) is 15.9 Å². The molecule has 0 fully saturated rings. The smallest absolute Gasteiger partial charge is 0.191 e. The molecular formula is C18H16ClN3OS. The summed E-state index contributed by atoms with van der Waals surface area (Å²) >= 11 is 7.59. The van der Waals surface area contributed by atoms with Crippen molar-refractivity contribution in [1.82, 2.24) is 14.8 Å². The number of hydrogen-bond acceptors (Lipinski definition) is 4. The molecule has 0 saturated heterocycles. The van der Waals surface area contributed by atoms with Gasteiger partial charge in [0.25, 0.3) is 0 Å². The molecule has 0 radical (unpaired) electrons. The molecular weight excluding hydrogens is 342 g/mol. The molecule has 0 aliphatic heterocycles. The highest BCUT2D eigenvalue weighted by atomic mass is 35.5. The maximum atomic E-state index is 12.3. The predicted molar refractivity (Wildman–Crippen MR) is 97.7 cm³/mol. The first-order valence-corrected chi connectivity index (χ1v) is 8.79. The predicted octanol–water partition coefficient (Wildman–Crippen LogP) is 4.42. The van der Waals surface area contributed by atoms with Crippen LogP contribution in [0.25, 0.3) is 11.4 Å². The maximum absolute atomic E-state index is 12.3. The van der Waals surface area contributed by atoms with Crippen molar-refractivity contribution in [2.24, 2.45) is 7.05 Å². The molecule has 1 heterocycles. The second-order valence-electron chi connectivity index (χ2n) is 5.42.